The molecule has 0 saturated heterocycles. The van der Waals surface area contributed by atoms with Crippen molar-refractivity contribution < 1.29 is 9.90 Å². The monoisotopic (exact) mass is 294 g/mol. The van der Waals surface area contributed by atoms with E-state index < -0.39 is 11.2 Å². The summed E-state index contributed by atoms with van der Waals surface area (Å²) in [5, 5.41) is 11.2. The highest BCUT2D eigenvalue weighted by atomic mass is 35.5. The smallest absolute Gasteiger partial charge is 0.316 e. The van der Waals surface area contributed by atoms with Gasteiger partial charge in [0.25, 0.3) is 0 Å². The molecule has 2 nitrogen and oxygen atoms in total. The van der Waals surface area contributed by atoms with Gasteiger partial charge in [0, 0.05) is 5.02 Å². The van der Waals surface area contributed by atoms with Crippen LogP contribution in [0.25, 0.3) is 10.8 Å². The topological polar surface area (TPSA) is 37.3 Å². The Balaban J connectivity index is 2.02. The summed E-state index contributed by atoms with van der Waals surface area (Å²) in [5.74, 6) is -0.850. The summed E-state index contributed by atoms with van der Waals surface area (Å²) in [6.45, 7) is 0. The number of thiol groups is 1. The fraction of sp³-hybridized carbons (Fsp3) is 0.267. The zero-order chi connectivity index (χ0) is 13.8. The molecule has 0 fully saturated rings. The normalized spacial score (nSPS) is 12.5. The van der Waals surface area contributed by atoms with Crippen LogP contribution in [0.1, 0.15) is 18.4 Å². The predicted octanol–water partition coefficient (Wildman–Crippen LogP) is 4.20. The Morgan fingerprint density at radius 3 is 2.63 bits per heavy atom. The molecule has 0 aromatic heterocycles. The molecule has 19 heavy (non-hydrogen) atoms. The standard InChI is InChI=1S/C15H15ClO2S/c16-13-7-6-11-8-10(4-5-12(11)9-13)2-1-3-14(19)15(17)18/h4-9,14,19H,1-3H2,(H,17,18). The zero-order valence-electron chi connectivity index (χ0n) is 10.3. The first-order valence-corrected chi connectivity index (χ1v) is 7.05. The molecule has 0 heterocycles. The van der Waals surface area contributed by atoms with Crippen molar-refractivity contribution in [1.82, 2.24) is 0 Å². The third kappa shape index (κ3) is 3.88. The Morgan fingerprint density at radius 1 is 1.21 bits per heavy atom. The fourth-order valence-electron chi connectivity index (χ4n) is 2.04. The number of carboxylic acid groups (broad SMARTS) is 1. The lowest BCUT2D eigenvalue weighted by atomic mass is 10.0. The minimum atomic E-state index is -0.850. The first-order chi connectivity index (χ1) is 9.06. The number of carboxylic acids is 1. The van der Waals surface area contributed by atoms with Crippen LogP contribution in [0.2, 0.25) is 5.02 Å². The highest BCUT2D eigenvalue weighted by Crippen LogP contribution is 2.21. The van der Waals surface area contributed by atoms with E-state index in [2.05, 4.69) is 24.8 Å². The SMILES string of the molecule is O=C(O)C(S)CCCc1ccc2cc(Cl)ccc2c1. The van der Waals surface area contributed by atoms with Gasteiger partial charge in [-0.15, -0.1) is 0 Å². The minimum Gasteiger partial charge on any atom is -0.480 e. The van der Waals surface area contributed by atoms with Crippen molar-refractivity contribution in [3.05, 3.63) is 47.0 Å². The molecule has 0 saturated carbocycles. The summed E-state index contributed by atoms with van der Waals surface area (Å²) in [5.41, 5.74) is 1.21. The van der Waals surface area contributed by atoms with Crippen LogP contribution in [0.4, 0.5) is 0 Å². The van der Waals surface area contributed by atoms with Gasteiger partial charge < -0.3 is 5.11 Å². The van der Waals surface area contributed by atoms with Crippen LogP contribution in [0.3, 0.4) is 0 Å². The second-order valence-corrected chi connectivity index (χ2v) is 5.63. The van der Waals surface area contributed by atoms with Crippen molar-refractivity contribution in [2.24, 2.45) is 0 Å². The Bertz CT molecular complexity index is 598. The molecule has 0 aliphatic carbocycles. The van der Waals surface area contributed by atoms with Crippen LogP contribution in [0.5, 0.6) is 0 Å². The number of hydrogen-bond donors (Lipinski definition) is 2. The lowest BCUT2D eigenvalue weighted by molar-refractivity contribution is -0.136. The van der Waals surface area contributed by atoms with Gasteiger partial charge >= 0.3 is 5.97 Å². The van der Waals surface area contributed by atoms with E-state index in [1.54, 1.807) is 0 Å². The van der Waals surface area contributed by atoms with Crippen molar-refractivity contribution in [3.63, 3.8) is 0 Å². The fourth-order valence-corrected chi connectivity index (χ4v) is 2.41. The summed E-state index contributed by atoms with van der Waals surface area (Å²) in [4.78, 5) is 10.7. The van der Waals surface area contributed by atoms with E-state index >= 15 is 0 Å². The Hall–Kier alpha value is -1.19. The van der Waals surface area contributed by atoms with E-state index in [9.17, 15) is 4.79 Å². The summed E-state index contributed by atoms with van der Waals surface area (Å²) in [7, 11) is 0. The molecule has 0 amide bonds. The Kier molecular flexibility index (Phi) is 4.72. The average Bonchev–Trinajstić information content (AvgIpc) is 2.38. The van der Waals surface area contributed by atoms with E-state index in [0.717, 1.165) is 28.6 Å². The van der Waals surface area contributed by atoms with Crippen molar-refractivity contribution in [1.29, 1.82) is 0 Å². The highest BCUT2D eigenvalue weighted by molar-refractivity contribution is 7.81. The molecule has 2 rings (SSSR count). The van der Waals surface area contributed by atoms with Gasteiger partial charge in [-0.05, 0) is 47.7 Å². The molecule has 0 radical (unpaired) electrons. The van der Waals surface area contributed by atoms with Crippen molar-refractivity contribution in [2.75, 3.05) is 0 Å². The number of benzene rings is 2. The van der Waals surface area contributed by atoms with Crippen LogP contribution in [-0.4, -0.2) is 16.3 Å². The Morgan fingerprint density at radius 2 is 1.89 bits per heavy atom. The first kappa shape index (κ1) is 14.2. The summed E-state index contributed by atoms with van der Waals surface area (Å²) in [6, 6.07) is 12.1. The zero-order valence-corrected chi connectivity index (χ0v) is 12.0. The Labute approximate surface area is 122 Å². The molecule has 0 aliphatic heterocycles. The van der Waals surface area contributed by atoms with Gasteiger partial charge in [-0.25, -0.2) is 0 Å². The van der Waals surface area contributed by atoms with E-state index in [-0.39, 0.29) is 0 Å². The molecular weight excluding hydrogens is 280 g/mol. The number of fused-ring (bicyclic) bond motifs is 1. The van der Waals surface area contributed by atoms with Gasteiger partial charge in [0.15, 0.2) is 0 Å². The second kappa shape index (κ2) is 6.31. The molecule has 1 unspecified atom stereocenters. The summed E-state index contributed by atoms with van der Waals surface area (Å²) in [6.07, 6.45) is 2.26. The minimum absolute atomic E-state index is 0.570. The highest BCUT2D eigenvalue weighted by Gasteiger charge is 2.10. The number of aryl methyl sites for hydroxylation is 1. The average molecular weight is 295 g/mol. The van der Waals surface area contributed by atoms with Crippen LogP contribution in [-0.2, 0) is 11.2 Å². The first-order valence-electron chi connectivity index (χ1n) is 6.15. The molecule has 4 heteroatoms. The van der Waals surface area contributed by atoms with E-state index in [1.807, 2.05) is 24.3 Å². The van der Waals surface area contributed by atoms with Crippen LogP contribution in [0.15, 0.2) is 36.4 Å². The number of hydrogen-bond acceptors (Lipinski definition) is 2. The van der Waals surface area contributed by atoms with E-state index in [4.69, 9.17) is 16.7 Å². The van der Waals surface area contributed by atoms with Crippen LogP contribution in [0, 0.1) is 0 Å². The largest absolute Gasteiger partial charge is 0.480 e. The molecule has 0 spiro atoms. The van der Waals surface area contributed by atoms with E-state index in [1.165, 1.54) is 5.56 Å². The van der Waals surface area contributed by atoms with Gasteiger partial charge in [-0.2, -0.15) is 12.6 Å². The maximum Gasteiger partial charge on any atom is 0.316 e. The molecule has 0 bridgehead atoms. The molecule has 1 N–H and O–H groups in total. The lowest BCUT2D eigenvalue weighted by Gasteiger charge is -2.06. The van der Waals surface area contributed by atoms with E-state index in [0.29, 0.717) is 6.42 Å². The molecule has 2 aromatic rings. The number of halogens is 1. The molecule has 2 aromatic carbocycles. The van der Waals surface area contributed by atoms with Gasteiger partial charge in [0.05, 0.1) is 5.25 Å². The second-order valence-electron chi connectivity index (χ2n) is 4.57. The van der Waals surface area contributed by atoms with Gasteiger partial charge in [-0.1, -0.05) is 35.9 Å². The van der Waals surface area contributed by atoms with Crippen LogP contribution >= 0.6 is 24.2 Å². The summed E-state index contributed by atoms with van der Waals surface area (Å²) >= 11 is 9.97. The summed E-state index contributed by atoms with van der Waals surface area (Å²) < 4.78 is 0. The third-order valence-electron chi connectivity index (χ3n) is 3.09. The quantitative estimate of drug-likeness (QED) is 0.811. The van der Waals surface area contributed by atoms with Crippen molar-refractivity contribution in [2.45, 2.75) is 24.5 Å². The number of rotatable bonds is 5. The van der Waals surface area contributed by atoms with Gasteiger partial charge in [-0.3, -0.25) is 4.79 Å². The molecular formula is C15H15ClO2S. The third-order valence-corrected chi connectivity index (χ3v) is 3.81. The number of carbonyl (C=O) groups is 1. The maximum absolute atomic E-state index is 10.7. The number of aliphatic carboxylic acids is 1. The van der Waals surface area contributed by atoms with Crippen molar-refractivity contribution >= 4 is 41.0 Å². The van der Waals surface area contributed by atoms with Crippen molar-refractivity contribution in [3.8, 4) is 0 Å². The predicted molar refractivity (Wildman–Crippen MR) is 82.3 cm³/mol. The molecule has 1 atom stereocenters. The maximum atomic E-state index is 10.7. The molecule has 100 valence electrons. The molecule has 0 aliphatic rings. The van der Waals surface area contributed by atoms with Gasteiger partial charge in [0.1, 0.15) is 0 Å². The van der Waals surface area contributed by atoms with Gasteiger partial charge in [0.2, 0.25) is 0 Å². The van der Waals surface area contributed by atoms with Crippen LogP contribution < -0.4 is 0 Å². The lowest BCUT2D eigenvalue weighted by Crippen LogP contribution is -2.13.